The Hall–Kier alpha value is -0.120. The second-order valence-corrected chi connectivity index (χ2v) is 5.06. The van der Waals surface area contributed by atoms with Gasteiger partial charge in [-0.15, -0.1) is 0 Å². The molecule has 0 atom stereocenters. The molecule has 0 amide bonds. The molecule has 1 aliphatic heterocycles. The molecule has 0 unspecified atom stereocenters. The van der Waals surface area contributed by atoms with Gasteiger partial charge in [-0.3, -0.25) is 0 Å². The van der Waals surface area contributed by atoms with Crippen LogP contribution in [0.15, 0.2) is 0 Å². The average Bonchev–Trinajstić information content (AvgIpc) is 2.23. The van der Waals surface area contributed by atoms with Crippen LogP contribution in [0.2, 0.25) is 0 Å². The molecule has 2 rings (SSSR count). The van der Waals surface area contributed by atoms with Crippen molar-refractivity contribution >= 4 is 0 Å². The third kappa shape index (κ3) is 2.92. The molecular formula is C12H23NO2. The van der Waals surface area contributed by atoms with E-state index in [-0.39, 0.29) is 5.79 Å². The van der Waals surface area contributed by atoms with Gasteiger partial charge >= 0.3 is 0 Å². The molecule has 0 radical (unpaired) electrons. The summed E-state index contributed by atoms with van der Waals surface area (Å²) in [5, 5.41) is 3.59. The Kier molecular flexibility index (Phi) is 3.65. The molecule has 1 aliphatic carbocycles. The van der Waals surface area contributed by atoms with Crippen LogP contribution in [0.5, 0.6) is 0 Å². The summed E-state index contributed by atoms with van der Waals surface area (Å²) < 4.78 is 11.6. The minimum absolute atomic E-state index is 0.215. The van der Waals surface area contributed by atoms with E-state index in [1.54, 1.807) is 0 Å². The lowest BCUT2D eigenvalue weighted by molar-refractivity contribution is -0.281. The van der Waals surface area contributed by atoms with E-state index in [2.05, 4.69) is 19.2 Å². The van der Waals surface area contributed by atoms with Crippen LogP contribution in [0, 0.1) is 0 Å². The molecule has 0 aromatic carbocycles. The van der Waals surface area contributed by atoms with Crippen LogP contribution in [0.3, 0.4) is 0 Å². The monoisotopic (exact) mass is 213 g/mol. The van der Waals surface area contributed by atoms with Crippen molar-refractivity contribution in [1.29, 1.82) is 0 Å². The molecule has 2 fully saturated rings. The van der Waals surface area contributed by atoms with Crippen LogP contribution in [0.1, 0.15) is 46.0 Å². The van der Waals surface area contributed by atoms with E-state index in [0.29, 0.717) is 12.1 Å². The van der Waals surface area contributed by atoms with Crippen LogP contribution in [-0.4, -0.2) is 31.1 Å². The summed E-state index contributed by atoms with van der Waals surface area (Å²) in [5.41, 5.74) is 0. The van der Waals surface area contributed by atoms with Crippen LogP contribution in [0.4, 0.5) is 0 Å². The van der Waals surface area contributed by atoms with E-state index in [0.717, 1.165) is 32.5 Å². The highest BCUT2D eigenvalue weighted by molar-refractivity contribution is 4.85. The van der Waals surface area contributed by atoms with Crippen molar-refractivity contribution in [3.05, 3.63) is 0 Å². The summed E-state index contributed by atoms with van der Waals surface area (Å²) in [4.78, 5) is 0. The van der Waals surface area contributed by atoms with E-state index in [4.69, 9.17) is 9.47 Å². The molecule has 1 heterocycles. The SMILES string of the molecule is CC(C)NC1CCC2(CC1)OCCCO2. The standard InChI is InChI=1S/C12H23NO2/c1-10(2)13-11-4-6-12(7-5-11)14-8-3-9-15-12/h10-11,13H,3-9H2,1-2H3. The summed E-state index contributed by atoms with van der Waals surface area (Å²) in [6.45, 7) is 6.17. The normalized spacial score (nSPS) is 27.4. The van der Waals surface area contributed by atoms with Crippen molar-refractivity contribution in [3.63, 3.8) is 0 Å². The van der Waals surface area contributed by atoms with E-state index < -0.39 is 0 Å². The van der Waals surface area contributed by atoms with Crippen molar-refractivity contribution in [1.82, 2.24) is 5.32 Å². The Morgan fingerprint density at radius 2 is 1.73 bits per heavy atom. The molecule has 0 aromatic heterocycles. The topological polar surface area (TPSA) is 30.5 Å². The van der Waals surface area contributed by atoms with E-state index >= 15 is 0 Å². The van der Waals surface area contributed by atoms with E-state index in [9.17, 15) is 0 Å². The number of hydrogen-bond donors (Lipinski definition) is 1. The van der Waals surface area contributed by atoms with Crippen LogP contribution < -0.4 is 5.32 Å². The molecule has 0 aromatic rings. The molecule has 1 saturated carbocycles. The maximum Gasteiger partial charge on any atom is 0.168 e. The third-order valence-electron chi connectivity index (χ3n) is 3.34. The predicted molar refractivity (Wildman–Crippen MR) is 59.8 cm³/mol. The molecule has 2 aliphatic rings. The highest BCUT2D eigenvalue weighted by atomic mass is 16.7. The first kappa shape index (κ1) is 11.4. The lowest BCUT2D eigenvalue weighted by atomic mass is 9.89. The van der Waals surface area contributed by atoms with Crippen molar-refractivity contribution in [3.8, 4) is 0 Å². The van der Waals surface area contributed by atoms with Gasteiger partial charge in [-0.1, -0.05) is 13.8 Å². The smallest absolute Gasteiger partial charge is 0.168 e. The van der Waals surface area contributed by atoms with Gasteiger partial charge in [0.25, 0.3) is 0 Å². The summed E-state index contributed by atoms with van der Waals surface area (Å²) >= 11 is 0. The zero-order valence-electron chi connectivity index (χ0n) is 9.92. The zero-order valence-corrected chi connectivity index (χ0v) is 9.92. The molecule has 1 saturated heterocycles. The minimum atomic E-state index is -0.215. The van der Waals surface area contributed by atoms with Crippen LogP contribution >= 0.6 is 0 Å². The van der Waals surface area contributed by atoms with Crippen LogP contribution in [-0.2, 0) is 9.47 Å². The maximum atomic E-state index is 5.81. The van der Waals surface area contributed by atoms with Gasteiger partial charge in [-0.05, 0) is 19.3 Å². The van der Waals surface area contributed by atoms with Gasteiger partial charge in [0, 0.05) is 24.9 Å². The molecular weight excluding hydrogens is 190 g/mol. The Morgan fingerprint density at radius 3 is 2.27 bits per heavy atom. The lowest BCUT2D eigenvalue weighted by Crippen LogP contribution is -2.48. The predicted octanol–water partition coefficient (Wildman–Crippen LogP) is 2.06. The summed E-state index contributed by atoms with van der Waals surface area (Å²) in [6, 6.07) is 1.24. The van der Waals surface area contributed by atoms with Gasteiger partial charge < -0.3 is 14.8 Å². The minimum Gasteiger partial charge on any atom is -0.350 e. The largest absolute Gasteiger partial charge is 0.350 e. The van der Waals surface area contributed by atoms with Gasteiger partial charge in [-0.2, -0.15) is 0 Å². The molecule has 3 nitrogen and oxygen atoms in total. The first-order valence-electron chi connectivity index (χ1n) is 6.24. The lowest BCUT2D eigenvalue weighted by Gasteiger charge is -2.42. The Labute approximate surface area is 92.5 Å². The van der Waals surface area contributed by atoms with Crippen molar-refractivity contribution in [2.24, 2.45) is 0 Å². The number of hydrogen-bond acceptors (Lipinski definition) is 3. The Balaban J connectivity index is 1.80. The fraction of sp³-hybridized carbons (Fsp3) is 1.00. The fourth-order valence-electron chi connectivity index (χ4n) is 2.60. The molecule has 1 N–H and O–H groups in total. The summed E-state index contributed by atoms with van der Waals surface area (Å²) in [5.74, 6) is -0.215. The second kappa shape index (κ2) is 4.81. The Bertz CT molecular complexity index is 190. The summed E-state index contributed by atoms with van der Waals surface area (Å²) in [6.07, 6.45) is 5.51. The first-order chi connectivity index (χ1) is 7.20. The summed E-state index contributed by atoms with van der Waals surface area (Å²) in [7, 11) is 0. The number of nitrogens with one attached hydrogen (secondary N) is 1. The van der Waals surface area contributed by atoms with E-state index in [1.807, 2.05) is 0 Å². The fourth-order valence-corrected chi connectivity index (χ4v) is 2.60. The first-order valence-corrected chi connectivity index (χ1v) is 6.24. The van der Waals surface area contributed by atoms with Crippen molar-refractivity contribution in [2.45, 2.75) is 63.8 Å². The van der Waals surface area contributed by atoms with Gasteiger partial charge in [0.2, 0.25) is 0 Å². The van der Waals surface area contributed by atoms with Crippen molar-refractivity contribution in [2.75, 3.05) is 13.2 Å². The highest BCUT2D eigenvalue weighted by Crippen LogP contribution is 2.35. The number of ether oxygens (including phenoxy) is 2. The van der Waals surface area contributed by atoms with Crippen molar-refractivity contribution < 1.29 is 9.47 Å². The quantitative estimate of drug-likeness (QED) is 0.761. The highest BCUT2D eigenvalue weighted by Gasteiger charge is 2.38. The zero-order chi connectivity index (χ0) is 10.7. The molecule has 0 bridgehead atoms. The maximum absolute atomic E-state index is 5.81. The van der Waals surface area contributed by atoms with Gasteiger partial charge in [0.05, 0.1) is 13.2 Å². The average molecular weight is 213 g/mol. The third-order valence-corrected chi connectivity index (χ3v) is 3.34. The molecule has 3 heteroatoms. The molecule has 88 valence electrons. The van der Waals surface area contributed by atoms with Crippen LogP contribution in [0.25, 0.3) is 0 Å². The molecule has 1 spiro atoms. The van der Waals surface area contributed by atoms with Gasteiger partial charge in [0.1, 0.15) is 0 Å². The van der Waals surface area contributed by atoms with Gasteiger partial charge in [-0.25, -0.2) is 0 Å². The Morgan fingerprint density at radius 1 is 1.13 bits per heavy atom. The second-order valence-electron chi connectivity index (χ2n) is 5.06. The van der Waals surface area contributed by atoms with Gasteiger partial charge in [0.15, 0.2) is 5.79 Å². The number of rotatable bonds is 2. The molecule has 15 heavy (non-hydrogen) atoms. The van der Waals surface area contributed by atoms with E-state index in [1.165, 1.54) is 12.8 Å².